The molecule has 0 amide bonds. The first-order valence-electron chi connectivity index (χ1n) is 9.54. The predicted octanol–water partition coefficient (Wildman–Crippen LogP) is 4.16. The Hall–Kier alpha value is -2.64. The lowest BCUT2D eigenvalue weighted by molar-refractivity contribution is -0.0455. The summed E-state index contributed by atoms with van der Waals surface area (Å²) < 4.78 is 25.4. The van der Waals surface area contributed by atoms with E-state index >= 15 is 0 Å². The van der Waals surface area contributed by atoms with Crippen LogP contribution in [0, 0.1) is 17.7 Å². The summed E-state index contributed by atoms with van der Waals surface area (Å²) in [5, 5.41) is 7.45. The van der Waals surface area contributed by atoms with Crippen LogP contribution in [0.3, 0.4) is 0 Å². The molecule has 5 rings (SSSR count). The molecule has 150 valence electrons. The highest BCUT2D eigenvalue weighted by Gasteiger charge is 2.45. The van der Waals surface area contributed by atoms with Crippen LogP contribution in [0.25, 0.3) is 10.9 Å². The maximum atomic E-state index is 13.5. The lowest BCUT2D eigenvalue weighted by Crippen LogP contribution is -2.59. The van der Waals surface area contributed by atoms with Crippen LogP contribution in [0.5, 0.6) is 11.5 Å². The molecule has 1 aliphatic carbocycles. The van der Waals surface area contributed by atoms with Gasteiger partial charge in [0, 0.05) is 42.1 Å². The van der Waals surface area contributed by atoms with E-state index in [2.05, 4.69) is 20.6 Å². The van der Waals surface area contributed by atoms with E-state index in [1.165, 1.54) is 24.9 Å². The summed E-state index contributed by atoms with van der Waals surface area (Å²) >= 11 is 5.90. The highest BCUT2D eigenvalue weighted by atomic mass is 35.5. The van der Waals surface area contributed by atoms with Crippen molar-refractivity contribution in [1.29, 1.82) is 0 Å². The van der Waals surface area contributed by atoms with Crippen molar-refractivity contribution in [2.45, 2.75) is 12.5 Å². The Morgan fingerprint density at radius 3 is 2.69 bits per heavy atom. The molecule has 1 aromatic heterocycles. The van der Waals surface area contributed by atoms with Crippen LogP contribution in [-0.2, 0) is 0 Å². The Morgan fingerprint density at radius 2 is 1.97 bits per heavy atom. The van der Waals surface area contributed by atoms with Crippen molar-refractivity contribution >= 4 is 34.0 Å². The van der Waals surface area contributed by atoms with Crippen LogP contribution in [0.1, 0.15) is 6.42 Å². The normalized spacial score (nSPS) is 22.8. The van der Waals surface area contributed by atoms with Crippen LogP contribution < -0.4 is 20.1 Å². The number of piperidine rings is 2. The number of halogens is 2. The molecule has 0 spiro atoms. The third-order valence-electron chi connectivity index (χ3n) is 5.71. The molecule has 2 bridgehead atoms. The van der Waals surface area contributed by atoms with Gasteiger partial charge in [-0.3, -0.25) is 0 Å². The number of hydrogen-bond acceptors (Lipinski definition) is 6. The molecule has 29 heavy (non-hydrogen) atoms. The summed E-state index contributed by atoms with van der Waals surface area (Å²) in [6.45, 7) is 1.97. The van der Waals surface area contributed by atoms with Crippen LogP contribution in [-0.4, -0.2) is 36.3 Å². The molecule has 2 heterocycles. The lowest BCUT2D eigenvalue weighted by Gasteiger charge is -2.49. The second-order valence-corrected chi connectivity index (χ2v) is 7.90. The van der Waals surface area contributed by atoms with Crippen molar-refractivity contribution in [3.8, 4) is 11.5 Å². The molecule has 1 aliphatic heterocycles. The molecule has 2 aliphatic rings. The third-order valence-corrected chi connectivity index (χ3v) is 6.00. The SMILES string of the molecule is COc1cc2ncnc(Nc3ccc(F)c(Cl)c3)c2cc1OC1[C@@H]2CNC[C@H]1C2. The second-order valence-electron chi connectivity index (χ2n) is 7.49. The molecular weight excluding hydrogens is 395 g/mol. The van der Waals surface area contributed by atoms with Gasteiger partial charge in [-0.2, -0.15) is 0 Å². The number of methoxy groups -OCH3 is 1. The van der Waals surface area contributed by atoms with Crippen LogP contribution >= 0.6 is 11.6 Å². The van der Waals surface area contributed by atoms with Crippen LogP contribution in [0.2, 0.25) is 5.02 Å². The van der Waals surface area contributed by atoms with Gasteiger partial charge < -0.3 is 20.1 Å². The molecule has 1 saturated carbocycles. The Labute approximate surface area is 172 Å². The molecule has 6 nitrogen and oxygen atoms in total. The van der Waals surface area contributed by atoms with Gasteiger partial charge in [0.25, 0.3) is 0 Å². The number of benzene rings is 2. The summed E-state index contributed by atoms with van der Waals surface area (Å²) in [5.74, 6) is 2.49. The van der Waals surface area contributed by atoms with Crippen molar-refractivity contribution in [1.82, 2.24) is 15.3 Å². The molecule has 8 heteroatoms. The Balaban J connectivity index is 1.50. The fourth-order valence-electron chi connectivity index (χ4n) is 4.16. The van der Waals surface area contributed by atoms with Crippen molar-refractivity contribution in [2.75, 3.05) is 25.5 Å². The number of anilines is 2. The zero-order valence-corrected chi connectivity index (χ0v) is 16.5. The van der Waals surface area contributed by atoms with E-state index in [0.29, 0.717) is 34.8 Å². The largest absolute Gasteiger partial charge is 0.493 e. The van der Waals surface area contributed by atoms with Crippen molar-refractivity contribution in [2.24, 2.45) is 11.8 Å². The summed E-state index contributed by atoms with van der Waals surface area (Å²) in [6, 6.07) is 8.20. The van der Waals surface area contributed by atoms with Gasteiger partial charge in [0.15, 0.2) is 11.5 Å². The minimum absolute atomic E-state index is 0.0455. The highest BCUT2D eigenvalue weighted by Crippen LogP contribution is 2.43. The van der Waals surface area contributed by atoms with E-state index in [9.17, 15) is 4.39 Å². The van der Waals surface area contributed by atoms with Gasteiger partial charge in [-0.05, 0) is 30.7 Å². The molecule has 0 radical (unpaired) electrons. The van der Waals surface area contributed by atoms with Gasteiger partial charge in [-0.25, -0.2) is 14.4 Å². The lowest BCUT2D eigenvalue weighted by atomic mass is 9.69. The van der Waals surface area contributed by atoms with E-state index in [4.69, 9.17) is 21.1 Å². The number of nitrogens with one attached hydrogen (secondary N) is 2. The van der Waals surface area contributed by atoms with Crippen LogP contribution in [0.15, 0.2) is 36.7 Å². The Bertz CT molecular complexity index is 1070. The maximum Gasteiger partial charge on any atom is 0.162 e. The van der Waals surface area contributed by atoms with Gasteiger partial charge in [0.2, 0.25) is 0 Å². The number of fused-ring (bicyclic) bond motifs is 3. The second kappa shape index (κ2) is 7.31. The van der Waals surface area contributed by atoms with E-state index in [1.54, 1.807) is 13.2 Å². The van der Waals surface area contributed by atoms with Crippen molar-refractivity contribution in [3.05, 3.63) is 47.5 Å². The number of nitrogens with zero attached hydrogens (tertiary/aromatic N) is 2. The van der Waals surface area contributed by atoms with Gasteiger partial charge >= 0.3 is 0 Å². The van der Waals surface area contributed by atoms with Crippen LogP contribution in [0.4, 0.5) is 15.9 Å². The quantitative estimate of drug-likeness (QED) is 0.653. The Morgan fingerprint density at radius 1 is 1.14 bits per heavy atom. The van der Waals surface area contributed by atoms with Gasteiger partial charge in [-0.15, -0.1) is 0 Å². The molecule has 3 atom stereocenters. The third kappa shape index (κ3) is 3.34. The maximum absolute atomic E-state index is 13.5. The number of rotatable bonds is 5. The topological polar surface area (TPSA) is 68.3 Å². The van der Waals surface area contributed by atoms with Gasteiger partial charge in [-0.1, -0.05) is 11.6 Å². The zero-order valence-electron chi connectivity index (χ0n) is 15.8. The smallest absolute Gasteiger partial charge is 0.162 e. The summed E-state index contributed by atoms with van der Waals surface area (Å²) in [6.07, 6.45) is 2.87. The molecular formula is C21H20ClFN4O2. The Kier molecular flexibility index (Phi) is 4.64. The first kappa shape index (κ1) is 18.4. The molecule has 1 unspecified atom stereocenters. The van der Waals surface area contributed by atoms with Gasteiger partial charge in [0.1, 0.15) is 24.1 Å². The summed E-state index contributed by atoms with van der Waals surface area (Å²) in [7, 11) is 1.62. The summed E-state index contributed by atoms with van der Waals surface area (Å²) in [5.41, 5.74) is 1.35. The van der Waals surface area contributed by atoms with E-state index in [-0.39, 0.29) is 11.1 Å². The predicted molar refractivity (Wildman–Crippen MR) is 110 cm³/mol. The fraction of sp³-hybridized carbons (Fsp3) is 0.333. The van der Waals surface area contributed by atoms with E-state index in [1.807, 2.05) is 12.1 Å². The number of ether oxygens (including phenoxy) is 2. The average Bonchev–Trinajstić information content (AvgIpc) is 2.74. The first-order chi connectivity index (χ1) is 14.1. The van der Waals surface area contributed by atoms with Crippen molar-refractivity contribution < 1.29 is 13.9 Å². The molecule has 2 aromatic carbocycles. The minimum atomic E-state index is -0.467. The summed E-state index contributed by atoms with van der Waals surface area (Å²) in [4.78, 5) is 8.71. The van der Waals surface area contributed by atoms with Gasteiger partial charge in [0.05, 0.1) is 17.6 Å². The number of aromatic nitrogens is 2. The average molecular weight is 415 g/mol. The molecule has 3 aromatic rings. The fourth-order valence-corrected chi connectivity index (χ4v) is 4.34. The molecule has 1 saturated heterocycles. The van der Waals surface area contributed by atoms with E-state index < -0.39 is 5.82 Å². The highest BCUT2D eigenvalue weighted by molar-refractivity contribution is 6.31. The molecule has 2 fully saturated rings. The monoisotopic (exact) mass is 414 g/mol. The zero-order chi connectivity index (χ0) is 20.0. The van der Waals surface area contributed by atoms with Crippen molar-refractivity contribution in [3.63, 3.8) is 0 Å². The van der Waals surface area contributed by atoms with E-state index in [0.717, 1.165) is 24.0 Å². The number of hydrogen-bond donors (Lipinski definition) is 2. The standard InChI is InChI=1S/C21H20ClFN4O2/c1-28-18-7-17-14(6-19(18)29-20-11-4-12(20)9-24-8-11)21(26-10-25-17)27-13-2-3-16(23)15(22)5-13/h2-3,5-7,10-12,20,24H,4,8-9H2,1H3,(H,25,26,27)/t11-,12+,20?. The minimum Gasteiger partial charge on any atom is -0.493 e. The molecule has 2 N–H and O–H groups in total. The first-order valence-corrected chi connectivity index (χ1v) is 9.92.